The molecule has 0 N–H and O–H groups in total. The van der Waals surface area contributed by atoms with E-state index in [1.807, 2.05) is 36.4 Å². The molecule has 2 amide bonds. The second-order valence-corrected chi connectivity index (χ2v) is 5.48. The van der Waals surface area contributed by atoms with Crippen molar-refractivity contribution in [2.24, 2.45) is 0 Å². The normalized spacial score (nSPS) is 14.3. The highest BCUT2D eigenvalue weighted by Crippen LogP contribution is 2.32. The molecule has 0 radical (unpaired) electrons. The number of carbonyl (C=O) groups excluding carboxylic acids is 2. The predicted molar refractivity (Wildman–Crippen MR) is 94.5 cm³/mol. The third-order valence-electron chi connectivity index (χ3n) is 3.88. The summed E-state index contributed by atoms with van der Waals surface area (Å²) >= 11 is 0. The number of hydrazine groups is 1. The molecule has 5 nitrogen and oxygen atoms in total. The van der Waals surface area contributed by atoms with Gasteiger partial charge in [-0.2, -0.15) is 0 Å². The van der Waals surface area contributed by atoms with Gasteiger partial charge in [-0.15, -0.1) is 0 Å². The Balaban J connectivity index is 1.85. The highest BCUT2D eigenvalue weighted by Gasteiger charge is 2.42. The number of amides is 2. The Hall–Kier alpha value is -3.60. The average molecular weight is 330 g/mol. The van der Waals surface area contributed by atoms with Gasteiger partial charge in [0.15, 0.2) is 0 Å². The molecule has 2 aromatic carbocycles. The number of carbonyl (C=O) groups is 2. The first kappa shape index (κ1) is 15.0. The van der Waals surface area contributed by atoms with E-state index >= 15 is 0 Å². The van der Waals surface area contributed by atoms with E-state index in [9.17, 15) is 9.59 Å². The van der Waals surface area contributed by atoms with Gasteiger partial charge in [-0.1, -0.05) is 36.4 Å². The van der Waals surface area contributed by atoms with Gasteiger partial charge < -0.3 is 4.42 Å². The van der Waals surface area contributed by atoms with Crippen molar-refractivity contribution in [3.05, 3.63) is 90.4 Å². The minimum Gasteiger partial charge on any atom is -0.465 e. The van der Waals surface area contributed by atoms with Crippen molar-refractivity contribution in [1.82, 2.24) is 0 Å². The highest BCUT2D eigenvalue weighted by atomic mass is 16.3. The van der Waals surface area contributed by atoms with Crippen LogP contribution in [-0.2, 0) is 9.59 Å². The minimum atomic E-state index is -0.392. The van der Waals surface area contributed by atoms with Gasteiger partial charge in [0, 0.05) is 0 Å². The Labute approximate surface area is 144 Å². The number of hydrogen-bond acceptors (Lipinski definition) is 3. The molecule has 1 aliphatic rings. The number of rotatable bonds is 3. The average Bonchev–Trinajstić information content (AvgIpc) is 3.25. The van der Waals surface area contributed by atoms with Crippen LogP contribution < -0.4 is 10.0 Å². The van der Waals surface area contributed by atoms with Crippen LogP contribution in [0.3, 0.4) is 0 Å². The van der Waals surface area contributed by atoms with Crippen LogP contribution >= 0.6 is 0 Å². The van der Waals surface area contributed by atoms with E-state index in [0.717, 1.165) is 0 Å². The molecule has 122 valence electrons. The molecular weight excluding hydrogens is 316 g/mol. The monoisotopic (exact) mass is 330 g/mol. The zero-order chi connectivity index (χ0) is 17.2. The summed E-state index contributed by atoms with van der Waals surface area (Å²) in [5.74, 6) is -0.326. The highest BCUT2D eigenvalue weighted by molar-refractivity contribution is 6.37. The van der Waals surface area contributed by atoms with Gasteiger partial charge in [-0.3, -0.25) is 9.59 Å². The van der Waals surface area contributed by atoms with Gasteiger partial charge in [-0.05, 0) is 42.5 Å². The van der Waals surface area contributed by atoms with E-state index < -0.39 is 11.8 Å². The third kappa shape index (κ3) is 2.61. The van der Waals surface area contributed by atoms with Gasteiger partial charge in [0.2, 0.25) is 0 Å². The summed E-state index contributed by atoms with van der Waals surface area (Å²) in [6.07, 6.45) is 2.98. The number of para-hydroxylation sites is 2. The van der Waals surface area contributed by atoms with Crippen molar-refractivity contribution in [2.45, 2.75) is 0 Å². The molecule has 1 saturated heterocycles. The first-order chi connectivity index (χ1) is 12.3. The lowest BCUT2D eigenvalue weighted by atomic mass is 10.2. The summed E-state index contributed by atoms with van der Waals surface area (Å²) in [6, 6.07) is 21.6. The molecule has 1 aliphatic heterocycles. The van der Waals surface area contributed by atoms with Gasteiger partial charge >= 0.3 is 0 Å². The lowest BCUT2D eigenvalue weighted by molar-refractivity contribution is -0.116. The maximum atomic E-state index is 13.0. The SMILES string of the molecule is O=C1C(=Cc2ccco2)C(=O)N(c2ccccc2)N1c1ccccc1. The summed E-state index contributed by atoms with van der Waals surface area (Å²) < 4.78 is 5.26. The Morgan fingerprint density at radius 2 is 1.20 bits per heavy atom. The molecule has 25 heavy (non-hydrogen) atoms. The van der Waals surface area contributed by atoms with Crippen molar-refractivity contribution in [3.63, 3.8) is 0 Å². The summed E-state index contributed by atoms with van der Waals surface area (Å²) in [4.78, 5) is 26.0. The molecule has 5 heteroatoms. The van der Waals surface area contributed by atoms with E-state index in [0.29, 0.717) is 17.1 Å². The number of nitrogens with zero attached hydrogens (tertiary/aromatic N) is 2. The predicted octanol–water partition coefficient (Wildman–Crippen LogP) is 3.66. The van der Waals surface area contributed by atoms with Crippen LogP contribution in [0.4, 0.5) is 11.4 Å². The van der Waals surface area contributed by atoms with Gasteiger partial charge in [-0.25, -0.2) is 10.0 Å². The quantitative estimate of drug-likeness (QED) is 0.544. The summed E-state index contributed by atoms with van der Waals surface area (Å²) in [7, 11) is 0. The third-order valence-corrected chi connectivity index (χ3v) is 3.88. The summed E-state index contributed by atoms with van der Waals surface area (Å²) in [5.41, 5.74) is 1.29. The van der Waals surface area contributed by atoms with E-state index in [1.54, 1.807) is 36.4 Å². The van der Waals surface area contributed by atoms with Gasteiger partial charge in [0.1, 0.15) is 11.3 Å². The second kappa shape index (κ2) is 6.13. The lowest BCUT2D eigenvalue weighted by Crippen LogP contribution is -2.41. The van der Waals surface area contributed by atoms with Crippen molar-refractivity contribution in [3.8, 4) is 0 Å². The Kier molecular flexibility index (Phi) is 3.67. The number of anilines is 2. The largest absolute Gasteiger partial charge is 0.465 e. The van der Waals surface area contributed by atoms with Crippen LogP contribution in [0.15, 0.2) is 89.0 Å². The fraction of sp³-hybridized carbons (Fsp3) is 0. The zero-order valence-electron chi connectivity index (χ0n) is 13.2. The van der Waals surface area contributed by atoms with Crippen molar-refractivity contribution in [1.29, 1.82) is 0 Å². The van der Waals surface area contributed by atoms with Crippen LogP contribution in [0.5, 0.6) is 0 Å². The lowest BCUT2D eigenvalue weighted by Gasteiger charge is -2.27. The summed E-state index contributed by atoms with van der Waals surface area (Å²) in [5, 5.41) is 2.76. The van der Waals surface area contributed by atoms with Gasteiger partial charge in [0.25, 0.3) is 11.8 Å². The van der Waals surface area contributed by atoms with Crippen LogP contribution in [0.25, 0.3) is 6.08 Å². The summed E-state index contributed by atoms with van der Waals surface area (Å²) in [6.45, 7) is 0. The van der Waals surface area contributed by atoms with Gasteiger partial charge in [0.05, 0.1) is 17.6 Å². The molecule has 0 aliphatic carbocycles. The number of benzene rings is 2. The Morgan fingerprint density at radius 1 is 0.680 bits per heavy atom. The van der Waals surface area contributed by atoms with Crippen LogP contribution in [0.2, 0.25) is 0 Å². The van der Waals surface area contributed by atoms with Crippen LogP contribution in [0, 0.1) is 0 Å². The standard InChI is InChI=1S/C20H14N2O3/c23-19-18(14-17-12-7-13-25-17)20(24)22(16-10-5-2-6-11-16)21(19)15-8-3-1-4-9-15/h1-14H. The molecule has 0 saturated carbocycles. The molecular formula is C20H14N2O3. The molecule has 4 rings (SSSR count). The Morgan fingerprint density at radius 3 is 1.64 bits per heavy atom. The first-order valence-corrected chi connectivity index (χ1v) is 7.80. The topological polar surface area (TPSA) is 53.8 Å². The van der Waals surface area contributed by atoms with Crippen molar-refractivity contribution in [2.75, 3.05) is 10.0 Å². The molecule has 0 atom stereocenters. The second-order valence-electron chi connectivity index (χ2n) is 5.48. The maximum absolute atomic E-state index is 13.0. The molecule has 0 unspecified atom stereocenters. The number of hydrogen-bond donors (Lipinski definition) is 0. The molecule has 1 aromatic heterocycles. The Bertz CT molecular complexity index is 872. The molecule has 3 aromatic rings. The van der Waals surface area contributed by atoms with E-state index in [-0.39, 0.29) is 5.57 Å². The number of furan rings is 1. The fourth-order valence-electron chi connectivity index (χ4n) is 2.74. The van der Waals surface area contributed by atoms with E-state index in [2.05, 4.69) is 0 Å². The smallest absolute Gasteiger partial charge is 0.283 e. The first-order valence-electron chi connectivity index (χ1n) is 7.80. The van der Waals surface area contributed by atoms with E-state index in [1.165, 1.54) is 22.4 Å². The molecule has 2 heterocycles. The minimum absolute atomic E-state index is 0.0580. The van der Waals surface area contributed by atoms with Crippen LogP contribution in [0.1, 0.15) is 5.76 Å². The molecule has 1 fully saturated rings. The van der Waals surface area contributed by atoms with Crippen molar-refractivity contribution < 1.29 is 14.0 Å². The van der Waals surface area contributed by atoms with E-state index in [4.69, 9.17) is 4.42 Å². The zero-order valence-corrected chi connectivity index (χ0v) is 13.2. The molecule has 0 bridgehead atoms. The maximum Gasteiger partial charge on any atom is 0.283 e. The molecule has 0 spiro atoms. The van der Waals surface area contributed by atoms with Crippen molar-refractivity contribution >= 4 is 29.3 Å². The fourth-order valence-corrected chi connectivity index (χ4v) is 2.74. The van der Waals surface area contributed by atoms with Crippen LogP contribution in [-0.4, -0.2) is 11.8 Å².